The minimum absolute atomic E-state index is 0.0283. The van der Waals surface area contributed by atoms with Crippen molar-refractivity contribution in [1.29, 1.82) is 5.26 Å². The molecule has 0 saturated carbocycles. The number of amides is 2. The first kappa shape index (κ1) is 25.7. The van der Waals surface area contributed by atoms with Crippen LogP contribution in [0.15, 0.2) is 83.3 Å². The lowest BCUT2D eigenvalue weighted by molar-refractivity contribution is -0.143. The van der Waals surface area contributed by atoms with Crippen LogP contribution >= 0.6 is 15.9 Å². The molecule has 9 heteroatoms. The number of nitriles is 1. The van der Waals surface area contributed by atoms with Gasteiger partial charge in [-0.05, 0) is 44.8 Å². The van der Waals surface area contributed by atoms with Gasteiger partial charge in [-0.15, -0.1) is 0 Å². The zero-order chi connectivity index (χ0) is 25.2. The average Bonchev–Trinajstić information content (AvgIpc) is 2.88. The largest absolute Gasteiger partial charge is 0.445 e. The first-order chi connectivity index (χ1) is 16.9. The molecule has 0 unspecified atom stereocenters. The van der Waals surface area contributed by atoms with Gasteiger partial charge in [0.2, 0.25) is 0 Å². The number of halogens is 2. The normalized spacial score (nSPS) is 11.1. The van der Waals surface area contributed by atoms with Gasteiger partial charge in [0.25, 0.3) is 5.91 Å². The Labute approximate surface area is 211 Å². The van der Waals surface area contributed by atoms with Crippen LogP contribution in [0, 0.1) is 17.3 Å². The molecule has 3 aromatic rings. The number of hydrazine groups is 1. The van der Waals surface area contributed by atoms with Gasteiger partial charge in [-0.2, -0.15) is 5.26 Å². The summed E-state index contributed by atoms with van der Waals surface area (Å²) in [7, 11) is 1.43. The van der Waals surface area contributed by atoms with E-state index in [1.807, 2.05) is 66.9 Å². The van der Waals surface area contributed by atoms with Gasteiger partial charge in [0.15, 0.2) is 6.19 Å². The highest BCUT2D eigenvalue weighted by atomic mass is 79.9. The van der Waals surface area contributed by atoms with Crippen molar-refractivity contribution in [1.82, 2.24) is 15.3 Å². The molecule has 180 valence electrons. The maximum atomic E-state index is 13.9. The summed E-state index contributed by atoms with van der Waals surface area (Å²) in [5, 5.41) is 14.5. The maximum absolute atomic E-state index is 13.9. The van der Waals surface area contributed by atoms with Crippen LogP contribution in [-0.4, -0.2) is 35.1 Å². The molecule has 0 aliphatic heterocycles. The summed E-state index contributed by atoms with van der Waals surface area (Å²) in [5.41, 5.74) is 2.13. The highest BCUT2D eigenvalue weighted by Crippen LogP contribution is 2.18. The number of likely N-dealkylation sites (N-methyl/N-ethyl adjacent to an activating group) is 1. The molecule has 7 nitrogen and oxygen atoms in total. The monoisotopic (exact) mass is 538 g/mol. The number of nitrogens with one attached hydrogen (secondary N) is 1. The number of alkyl carbamates (subject to hydrolysis) is 1. The average molecular weight is 539 g/mol. The summed E-state index contributed by atoms with van der Waals surface area (Å²) >= 11 is 3.10. The molecule has 2 amide bonds. The molecule has 0 aliphatic rings. The zero-order valence-corrected chi connectivity index (χ0v) is 20.6. The van der Waals surface area contributed by atoms with E-state index in [0.29, 0.717) is 10.0 Å². The summed E-state index contributed by atoms with van der Waals surface area (Å²) in [6.45, 7) is 0.0215. The highest BCUT2D eigenvalue weighted by Gasteiger charge is 2.28. The third-order valence-corrected chi connectivity index (χ3v) is 5.84. The number of carbonyl (C=O) groups excluding carboxylic acids is 2. The van der Waals surface area contributed by atoms with Gasteiger partial charge >= 0.3 is 6.09 Å². The van der Waals surface area contributed by atoms with Gasteiger partial charge in [-0.25, -0.2) is 19.2 Å². The smallest absolute Gasteiger partial charge is 0.408 e. The fraction of sp³-hybridized carbons (Fsp3) is 0.192. The van der Waals surface area contributed by atoms with E-state index in [1.165, 1.54) is 19.2 Å². The Morgan fingerprint density at radius 2 is 1.66 bits per heavy atom. The number of hydrogen-bond acceptors (Lipinski definition) is 5. The Bertz CT molecular complexity index is 1190. The summed E-state index contributed by atoms with van der Waals surface area (Å²) in [5.74, 6) is -0.996. The van der Waals surface area contributed by atoms with Crippen LogP contribution in [0.4, 0.5) is 9.18 Å². The van der Waals surface area contributed by atoms with Crippen LogP contribution in [0.3, 0.4) is 0 Å². The number of benzene rings is 3. The Kier molecular flexibility index (Phi) is 9.21. The van der Waals surface area contributed by atoms with Crippen LogP contribution in [0.2, 0.25) is 0 Å². The van der Waals surface area contributed by atoms with Gasteiger partial charge in [0.1, 0.15) is 18.5 Å². The van der Waals surface area contributed by atoms with Crippen molar-refractivity contribution in [2.75, 3.05) is 7.05 Å². The minimum Gasteiger partial charge on any atom is -0.445 e. The third kappa shape index (κ3) is 7.55. The lowest BCUT2D eigenvalue weighted by atomic mass is 10.1. The van der Waals surface area contributed by atoms with Crippen molar-refractivity contribution in [3.05, 3.63) is 106 Å². The molecule has 0 bridgehead atoms. The minimum atomic E-state index is -0.997. The highest BCUT2D eigenvalue weighted by molar-refractivity contribution is 9.10. The van der Waals surface area contributed by atoms with Crippen molar-refractivity contribution in [3.63, 3.8) is 0 Å². The molecule has 0 aliphatic carbocycles. The van der Waals surface area contributed by atoms with Crippen LogP contribution in [0.25, 0.3) is 0 Å². The van der Waals surface area contributed by atoms with Crippen molar-refractivity contribution in [3.8, 4) is 6.19 Å². The van der Waals surface area contributed by atoms with Crippen molar-refractivity contribution in [2.24, 2.45) is 0 Å². The van der Waals surface area contributed by atoms with Crippen molar-refractivity contribution >= 4 is 27.9 Å². The van der Waals surface area contributed by atoms with E-state index in [9.17, 15) is 19.2 Å². The van der Waals surface area contributed by atoms with Crippen LogP contribution in [0.1, 0.15) is 16.7 Å². The lowest BCUT2D eigenvalue weighted by Gasteiger charge is -2.30. The molecule has 0 spiro atoms. The Morgan fingerprint density at radius 3 is 2.26 bits per heavy atom. The van der Waals surface area contributed by atoms with E-state index in [4.69, 9.17) is 4.74 Å². The summed E-state index contributed by atoms with van der Waals surface area (Å²) in [4.78, 5) is 25.9. The molecule has 0 heterocycles. The van der Waals surface area contributed by atoms with Gasteiger partial charge < -0.3 is 10.1 Å². The Morgan fingerprint density at radius 1 is 1.03 bits per heavy atom. The molecule has 35 heavy (non-hydrogen) atoms. The van der Waals surface area contributed by atoms with E-state index >= 15 is 0 Å². The first-order valence-corrected chi connectivity index (χ1v) is 11.6. The molecular formula is C26H24BrFN4O3. The second-order valence-corrected chi connectivity index (χ2v) is 8.57. The first-order valence-electron chi connectivity index (χ1n) is 10.8. The zero-order valence-electron chi connectivity index (χ0n) is 19.0. The van der Waals surface area contributed by atoms with Crippen LogP contribution < -0.4 is 5.32 Å². The summed E-state index contributed by atoms with van der Waals surface area (Å²) in [6.07, 6.45) is 1.38. The molecule has 3 aromatic carbocycles. The topological polar surface area (TPSA) is 85.7 Å². The van der Waals surface area contributed by atoms with E-state index in [2.05, 4.69) is 21.2 Å². The molecule has 1 N–H and O–H groups in total. The lowest BCUT2D eigenvalue weighted by Crippen LogP contribution is -2.52. The Hall–Kier alpha value is -3.90. The Balaban J connectivity index is 1.72. The predicted octanol–water partition coefficient (Wildman–Crippen LogP) is 4.78. The van der Waals surface area contributed by atoms with E-state index in [0.717, 1.165) is 21.1 Å². The second-order valence-electron chi connectivity index (χ2n) is 7.72. The number of rotatable bonds is 9. The molecular weight excluding hydrogens is 515 g/mol. The van der Waals surface area contributed by atoms with E-state index in [1.54, 1.807) is 6.07 Å². The SMILES string of the molecule is CN(C(=O)[C@H](Cc1ccccc1)NC(=O)OCc1ccccc1)N(C#N)Cc1ccc(Br)c(F)c1. The molecule has 0 radical (unpaired) electrons. The quantitative estimate of drug-likeness (QED) is 0.240. The molecule has 0 saturated heterocycles. The molecule has 3 rings (SSSR count). The van der Waals surface area contributed by atoms with Gasteiger partial charge in [-0.3, -0.25) is 4.79 Å². The molecule has 1 atom stereocenters. The third-order valence-electron chi connectivity index (χ3n) is 5.20. The maximum Gasteiger partial charge on any atom is 0.408 e. The summed E-state index contributed by atoms with van der Waals surface area (Å²) < 4.78 is 19.5. The standard InChI is InChI=1S/C26H24BrFN4O3/c1-31(32(18-29)16-21-12-13-22(27)23(28)14-21)25(33)24(15-19-8-4-2-5-9-19)30-26(34)35-17-20-10-6-3-7-11-20/h2-14,24H,15-17H2,1H3,(H,30,34)/t24-/m0/s1. The van der Waals surface area contributed by atoms with Crippen molar-refractivity contribution in [2.45, 2.75) is 25.6 Å². The number of ether oxygens (including phenoxy) is 1. The summed E-state index contributed by atoms with van der Waals surface area (Å²) in [6, 6.07) is 21.8. The van der Waals surface area contributed by atoms with E-state index in [-0.39, 0.29) is 19.6 Å². The molecule has 0 fully saturated rings. The fourth-order valence-electron chi connectivity index (χ4n) is 3.32. The number of nitrogens with zero attached hydrogens (tertiary/aromatic N) is 3. The van der Waals surface area contributed by atoms with Crippen LogP contribution in [-0.2, 0) is 29.1 Å². The van der Waals surface area contributed by atoms with Crippen molar-refractivity contribution < 1.29 is 18.7 Å². The predicted molar refractivity (Wildman–Crippen MR) is 132 cm³/mol. The number of carbonyl (C=O) groups is 2. The van der Waals surface area contributed by atoms with E-state index < -0.39 is 23.9 Å². The molecule has 0 aromatic heterocycles. The van der Waals surface area contributed by atoms with Gasteiger partial charge in [-0.1, -0.05) is 66.7 Å². The number of hydrogen-bond donors (Lipinski definition) is 1. The fourth-order valence-corrected chi connectivity index (χ4v) is 3.57. The van der Waals surface area contributed by atoms with Crippen LogP contribution in [0.5, 0.6) is 0 Å². The van der Waals surface area contributed by atoms with Gasteiger partial charge in [0.05, 0.1) is 11.0 Å². The second kappa shape index (κ2) is 12.5. The van der Waals surface area contributed by atoms with Gasteiger partial charge in [0, 0.05) is 13.5 Å².